The lowest BCUT2D eigenvalue weighted by Gasteiger charge is -2.28. The SMILES string of the molecule is Clc1cnc(NCCC2CCCCN2)nc1CCNCC1=NN[C@@H]2CC[C@H](Cl)C[C@H]12. The number of rotatable bonds is 9. The molecule has 0 amide bonds. The van der Waals surface area contributed by atoms with E-state index < -0.39 is 0 Å². The van der Waals surface area contributed by atoms with Gasteiger partial charge in [-0.1, -0.05) is 18.0 Å². The van der Waals surface area contributed by atoms with E-state index in [-0.39, 0.29) is 5.38 Å². The third-order valence-corrected chi connectivity index (χ3v) is 7.15. The van der Waals surface area contributed by atoms with Crippen molar-refractivity contribution in [2.75, 3.05) is 31.5 Å². The van der Waals surface area contributed by atoms with Crippen molar-refractivity contribution in [1.29, 1.82) is 0 Å². The molecule has 166 valence electrons. The van der Waals surface area contributed by atoms with Crippen LogP contribution in [0.1, 0.15) is 50.6 Å². The predicted octanol–water partition coefficient (Wildman–Crippen LogP) is 2.94. The van der Waals surface area contributed by atoms with E-state index in [1.54, 1.807) is 6.20 Å². The van der Waals surface area contributed by atoms with Crippen LogP contribution in [0.2, 0.25) is 5.02 Å². The summed E-state index contributed by atoms with van der Waals surface area (Å²) < 4.78 is 0. The van der Waals surface area contributed by atoms with Crippen LogP contribution in [-0.4, -0.2) is 59.3 Å². The summed E-state index contributed by atoms with van der Waals surface area (Å²) in [6.07, 6.45) is 10.6. The number of hydrogen-bond donors (Lipinski definition) is 4. The van der Waals surface area contributed by atoms with Crippen LogP contribution in [0.4, 0.5) is 5.95 Å². The molecule has 0 spiro atoms. The van der Waals surface area contributed by atoms with Crippen molar-refractivity contribution in [3.63, 3.8) is 0 Å². The third kappa shape index (κ3) is 5.96. The summed E-state index contributed by atoms with van der Waals surface area (Å²) in [5, 5.41) is 15.8. The number of nitrogens with zero attached hydrogens (tertiary/aromatic N) is 3. The van der Waals surface area contributed by atoms with Gasteiger partial charge in [-0.2, -0.15) is 5.10 Å². The largest absolute Gasteiger partial charge is 0.354 e. The van der Waals surface area contributed by atoms with E-state index in [1.807, 2.05) is 0 Å². The highest BCUT2D eigenvalue weighted by molar-refractivity contribution is 6.31. The zero-order chi connectivity index (χ0) is 20.8. The Bertz CT molecular complexity index is 723. The summed E-state index contributed by atoms with van der Waals surface area (Å²) in [6, 6.07) is 1.07. The van der Waals surface area contributed by atoms with Crippen molar-refractivity contribution in [1.82, 2.24) is 26.0 Å². The van der Waals surface area contributed by atoms with Gasteiger partial charge in [0.2, 0.25) is 5.95 Å². The number of hydrazone groups is 1. The Balaban J connectivity index is 1.19. The Kier molecular flexibility index (Phi) is 8.04. The fraction of sp³-hybridized carbons (Fsp3) is 0.762. The van der Waals surface area contributed by atoms with Crippen LogP contribution in [0, 0.1) is 5.92 Å². The second-order valence-electron chi connectivity index (χ2n) is 8.63. The second-order valence-corrected chi connectivity index (χ2v) is 9.66. The Hall–Kier alpha value is -1.15. The number of hydrogen-bond acceptors (Lipinski definition) is 7. The lowest BCUT2D eigenvalue weighted by atomic mass is 9.82. The summed E-state index contributed by atoms with van der Waals surface area (Å²) in [7, 11) is 0. The molecule has 0 aromatic carbocycles. The maximum absolute atomic E-state index is 6.36. The molecule has 4 N–H and O–H groups in total. The van der Waals surface area contributed by atoms with Crippen LogP contribution in [0.3, 0.4) is 0 Å². The zero-order valence-corrected chi connectivity index (χ0v) is 19.0. The van der Waals surface area contributed by atoms with Crippen LogP contribution in [0.15, 0.2) is 11.3 Å². The predicted molar refractivity (Wildman–Crippen MR) is 124 cm³/mol. The number of nitrogens with one attached hydrogen (secondary N) is 4. The van der Waals surface area contributed by atoms with Crippen LogP contribution in [-0.2, 0) is 6.42 Å². The van der Waals surface area contributed by atoms with E-state index in [1.165, 1.54) is 25.0 Å². The van der Waals surface area contributed by atoms with Crippen molar-refractivity contribution in [3.8, 4) is 0 Å². The smallest absolute Gasteiger partial charge is 0.222 e. The van der Waals surface area contributed by atoms with Gasteiger partial charge in [0, 0.05) is 43.4 Å². The second kappa shape index (κ2) is 10.9. The molecule has 0 radical (unpaired) electrons. The molecule has 3 heterocycles. The lowest BCUT2D eigenvalue weighted by molar-refractivity contribution is 0.356. The number of halogens is 2. The van der Waals surface area contributed by atoms with E-state index in [0.29, 0.717) is 29.0 Å². The first-order valence-electron chi connectivity index (χ1n) is 11.3. The molecule has 2 fully saturated rings. The highest BCUT2D eigenvalue weighted by Gasteiger charge is 2.36. The minimum absolute atomic E-state index is 0.274. The first kappa shape index (κ1) is 22.1. The Labute approximate surface area is 189 Å². The van der Waals surface area contributed by atoms with Gasteiger partial charge in [0.1, 0.15) is 0 Å². The molecule has 1 saturated carbocycles. The summed E-state index contributed by atoms with van der Waals surface area (Å²) in [6.45, 7) is 3.58. The maximum Gasteiger partial charge on any atom is 0.222 e. The molecule has 1 unspecified atom stereocenters. The van der Waals surface area contributed by atoms with E-state index in [2.05, 4.69) is 36.4 Å². The Morgan fingerprint density at radius 3 is 2.97 bits per heavy atom. The molecule has 3 aliphatic rings. The molecule has 1 aliphatic carbocycles. The topological polar surface area (TPSA) is 86.3 Å². The number of anilines is 1. The molecular formula is C21H33Cl2N7. The summed E-state index contributed by atoms with van der Waals surface area (Å²) in [4.78, 5) is 8.96. The van der Waals surface area contributed by atoms with Crippen LogP contribution >= 0.6 is 23.2 Å². The highest BCUT2D eigenvalue weighted by atomic mass is 35.5. The molecule has 4 rings (SSSR count). The van der Waals surface area contributed by atoms with Crippen molar-refractivity contribution >= 4 is 34.9 Å². The third-order valence-electron chi connectivity index (χ3n) is 6.44. The molecule has 0 bridgehead atoms. The fourth-order valence-corrected chi connectivity index (χ4v) is 5.18. The van der Waals surface area contributed by atoms with Gasteiger partial charge >= 0.3 is 0 Å². The molecule has 7 nitrogen and oxygen atoms in total. The van der Waals surface area contributed by atoms with Gasteiger partial charge in [-0.05, 0) is 45.1 Å². The van der Waals surface area contributed by atoms with Crippen molar-refractivity contribution in [3.05, 3.63) is 16.9 Å². The first-order chi connectivity index (χ1) is 14.7. The van der Waals surface area contributed by atoms with Crippen molar-refractivity contribution in [2.24, 2.45) is 11.0 Å². The van der Waals surface area contributed by atoms with Crippen molar-refractivity contribution in [2.45, 2.75) is 68.8 Å². The highest BCUT2D eigenvalue weighted by Crippen LogP contribution is 2.31. The number of aromatic nitrogens is 2. The van der Waals surface area contributed by atoms with E-state index >= 15 is 0 Å². The van der Waals surface area contributed by atoms with Crippen LogP contribution < -0.4 is 21.4 Å². The Morgan fingerprint density at radius 1 is 1.17 bits per heavy atom. The van der Waals surface area contributed by atoms with Crippen LogP contribution in [0.25, 0.3) is 0 Å². The summed E-state index contributed by atoms with van der Waals surface area (Å²) in [5.74, 6) is 1.12. The van der Waals surface area contributed by atoms with E-state index in [4.69, 9.17) is 23.2 Å². The summed E-state index contributed by atoms with van der Waals surface area (Å²) in [5.41, 5.74) is 5.35. The minimum Gasteiger partial charge on any atom is -0.354 e. The molecule has 9 heteroatoms. The zero-order valence-electron chi connectivity index (χ0n) is 17.5. The molecule has 1 aromatic heterocycles. The average Bonchev–Trinajstić information content (AvgIpc) is 3.16. The average molecular weight is 454 g/mol. The quantitative estimate of drug-likeness (QED) is 0.339. The van der Waals surface area contributed by atoms with Gasteiger partial charge in [0.15, 0.2) is 0 Å². The molecule has 30 heavy (non-hydrogen) atoms. The summed E-state index contributed by atoms with van der Waals surface area (Å²) >= 11 is 12.7. The van der Waals surface area contributed by atoms with Gasteiger partial charge in [0.25, 0.3) is 0 Å². The monoisotopic (exact) mass is 453 g/mol. The maximum atomic E-state index is 6.36. The number of fused-ring (bicyclic) bond motifs is 1. The van der Waals surface area contributed by atoms with Crippen LogP contribution in [0.5, 0.6) is 0 Å². The normalized spacial score (nSPS) is 28.5. The molecule has 4 atom stereocenters. The molecule has 1 aromatic rings. The van der Waals surface area contributed by atoms with Gasteiger partial charge in [-0.15, -0.1) is 11.6 Å². The molecule has 1 saturated heterocycles. The first-order valence-corrected chi connectivity index (χ1v) is 12.2. The standard InChI is InChI=1S/C21H33Cl2N7/c22-14-4-5-18-16(11-14)20(30-29-18)13-24-9-7-19-17(23)12-27-21(28-19)26-10-6-15-3-1-2-8-25-15/h12,14-16,18,24-25,29H,1-11,13H2,(H,26,27,28)/t14-,15?,16-,18+/m0/s1. The van der Waals surface area contributed by atoms with Gasteiger partial charge in [-0.3, -0.25) is 0 Å². The number of piperidine rings is 1. The number of alkyl halides is 1. The van der Waals surface area contributed by atoms with E-state index in [0.717, 1.165) is 64.0 Å². The Morgan fingerprint density at radius 2 is 2.10 bits per heavy atom. The van der Waals surface area contributed by atoms with Gasteiger partial charge in [0.05, 0.1) is 28.7 Å². The molecule has 2 aliphatic heterocycles. The molecular weight excluding hydrogens is 421 g/mol. The van der Waals surface area contributed by atoms with E-state index in [9.17, 15) is 0 Å². The van der Waals surface area contributed by atoms with Crippen molar-refractivity contribution < 1.29 is 0 Å². The van der Waals surface area contributed by atoms with Gasteiger partial charge < -0.3 is 21.4 Å². The van der Waals surface area contributed by atoms with Gasteiger partial charge in [-0.25, -0.2) is 9.97 Å². The fourth-order valence-electron chi connectivity index (χ4n) is 4.68. The minimum atomic E-state index is 0.274. The lowest BCUT2D eigenvalue weighted by Crippen LogP contribution is -2.39.